The van der Waals surface area contributed by atoms with Crippen LogP contribution in [0.5, 0.6) is 0 Å². The van der Waals surface area contributed by atoms with Gasteiger partial charge in [0, 0.05) is 18.7 Å². The third-order valence-electron chi connectivity index (χ3n) is 5.62. The first kappa shape index (κ1) is 18.7. The van der Waals surface area contributed by atoms with Gasteiger partial charge in [0.15, 0.2) is 0 Å². The zero-order valence-corrected chi connectivity index (χ0v) is 16.7. The number of hydrogen-bond donors (Lipinski definition) is 1. The zero-order valence-electron chi connectivity index (χ0n) is 16.7. The molecular formula is C23H28N4O. The number of para-hydroxylation sites is 3. The van der Waals surface area contributed by atoms with Crippen molar-refractivity contribution < 1.29 is 4.79 Å². The lowest BCUT2D eigenvalue weighted by atomic mass is 10.1. The van der Waals surface area contributed by atoms with E-state index in [1.54, 1.807) is 0 Å². The maximum absolute atomic E-state index is 13.1. The number of carbonyl (C=O) groups is 1. The standard InChI is InChI=1S/C23H28N4O/c1-3-22-24-20-12-6-7-13-21(20)27(22)17(2)23(28)25-19-11-5-4-10-18(19)16-26-14-8-9-15-26/h4-7,10-13,17H,3,8-9,14-16H2,1-2H3,(H,25,28). The molecule has 2 aromatic carbocycles. The monoisotopic (exact) mass is 376 g/mol. The first-order valence-corrected chi connectivity index (χ1v) is 10.2. The second kappa shape index (κ2) is 8.15. The Bertz CT molecular complexity index is 972. The molecule has 28 heavy (non-hydrogen) atoms. The lowest BCUT2D eigenvalue weighted by molar-refractivity contribution is -0.118. The molecule has 4 rings (SSSR count). The van der Waals surface area contributed by atoms with E-state index in [0.717, 1.165) is 48.6 Å². The number of nitrogens with zero attached hydrogens (tertiary/aromatic N) is 3. The average Bonchev–Trinajstić information content (AvgIpc) is 3.36. The molecule has 1 saturated heterocycles. The number of nitrogens with one attached hydrogen (secondary N) is 1. The molecule has 0 bridgehead atoms. The summed E-state index contributed by atoms with van der Waals surface area (Å²) in [6.45, 7) is 7.19. The van der Waals surface area contributed by atoms with Crippen molar-refractivity contribution in [1.82, 2.24) is 14.5 Å². The second-order valence-electron chi connectivity index (χ2n) is 7.55. The summed E-state index contributed by atoms with van der Waals surface area (Å²) in [4.78, 5) is 20.3. The number of rotatable bonds is 6. The molecule has 5 heteroatoms. The lowest BCUT2D eigenvalue weighted by Gasteiger charge is -2.20. The van der Waals surface area contributed by atoms with E-state index < -0.39 is 0 Å². The van der Waals surface area contributed by atoms with Gasteiger partial charge in [-0.05, 0) is 56.6 Å². The summed E-state index contributed by atoms with van der Waals surface area (Å²) in [6, 6.07) is 15.8. The number of anilines is 1. The van der Waals surface area contributed by atoms with E-state index in [1.165, 1.54) is 18.4 Å². The molecule has 0 saturated carbocycles. The van der Waals surface area contributed by atoms with Gasteiger partial charge in [-0.2, -0.15) is 0 Å². The van der Waals surface area contributed by atoms with Crippen molar-refractivity contribution in [1.29, 1.82) is 0 Å². The first-order valence-electron chi connectivity index (χ1n) is 10.2. The Balaban J connectivity index is 1.58. The number of amides is 1. The topological polar surface area (TPSA) is 50.2 Å². The molecule has 1 aliphatic rings. The molecular weight excluding hydrogens is 348 g/mol. The number of aryl methyl sites for hydroxylation is 1. The van der Waals surface area contributed by atoms with Crippen LogP contribution in [-0.4, -0.2) is 33.4 Å². The van der Waals surface area contributed by atoms with Gasteiger partial charge >= 0.3 is 0 Å². The summed E-state index contributed by atoms with van der Waals surface area (Å²) in [5.74, 6) is 0.931. The van der Waals surface area contributed by atoms with Gasteiger partial charge in [-0.1, -0.05) is 37.3 Å². The molecule has 1 unspecified atom stereocenters. The number of imidazole rings is 1. The van der Waals surface area contributed by atoms with E-state index >= 15 is 0 Å². The van der Waals surface area contributed by atoms with E-state index in [2.05, 4.69) is 27.8 Å². The highest BCUT2D eigenvalue weighted by atomic mass is 16.2. The Morgan fingerprint density at radius 3 is 2.61 bits per heavy atom. The van der Waals surface area contributed by atoms with Crippen molar-refractivity contribution in [3.63, 3.8) is 0 Å². The minimum atomic E-state index is -0.331. The van der Waals surface area contributed by atoms with Crippen molar-refractivity contribution in [2.24, 2.45) is 0 Å². The average molecular weight is 377 g/mol. The fraction of sp³-hybridized carbons (Fsp3) is 0.391. The number of hydrogen-bond acceptors (Lipinski definition) is 3. The molecule has 1 aliphatic heterocycles. The highest BCUT2D eigenvalue weighted by Gasteiger charge is 2.22. The summed E-state index contributed by atoms with van der Waals surface area (Å²) in [5, 5.41) is 3.17. The molecule has 0 radical (unpaired) electrons. The Hall–Kier alpha value is -2.66. The van der Waals surface area contributed by atoms with Crippen LogP contribution < -0.4 is 5.32 Å². The van der Waals surface area contributed by atoms with Gasteiger partial charge in [0.05, 0.1) is 11.0 Å². The van der Waals surface area contributed by atoms with E-state index in [0.29, 0.717) is 0 Å². The summed E-state index contributed by atoms with van der Waals surface area (Å²) >= 11 is 0. The van der Waals surface area contributed by atoms with Crippen LogP contribution in [0.2, 0.25) is 0 Å². The predicted octanol–water partition coefficient (Wildman–Crippen LogP) is 4.39. The van der Waals surface area contributed by atoms with Crippen LogP contribution in [0, 0.1) is 0 Å². The smallest absolute Gasteiger partial charge is 0.247 e. The highest BCUT2D eigenvalue weighted by molar-refractivity contribution is 5.95. The van der Waals surface area contributed by atoms with Crippen molar-refractivity contribution in [3.8, 4) is 0 Å². The lowest BCUT2D eigenvalue weighted by Crippen LogP contribution is -2.26. The number of aromatic nitrogens is 2. The van der Waals surface area contributed by atoms with Gasteiger partial charge < -0.3 is 9.88 Å². The van der Waals surface area contributed by atoms with Crippen LogP contribution in [0.3, 0.4) is 0 Å². The molecule has 1 atom stereocenters. The molecule has 5 nitrogen and oxygen atoms in total. The summed E-state index contributed by atoms with van der Waals surface area (Å²) in [5.41, 5.74) is 4.03. The normalized spacial score (nSPS) is 15.8. The largest absolute Gasteiger partial charge is 0.324 e. The van der Waals surface area contributed by atoms with Gasteiger partial charge in [0.1, 0.15) is 11.9 Å². The van der Waals surface area contributed by atoms with Crippen LogP contribution in [0.1, 0.15) is 44.1 Å². The van der Waals surface area contributed by atoms with Gasteiger partial charge in [0.2, 0.25) is 5.91 Å². The summed E-state index contributed by atoms with van der Waals surface area (Å²) in [6.07, 6.45) is 3.32. The molecule has 0 spiro atoms. The third kappa shape index (κ3) is 3.67. The Morgan fingerprint density at radius 1 is 1.11 bits per heavy atom. The number of carbonyl (C=O) groups excluding carboxylic acids is 1. The molecule has 3 aromatic rings. The molecule has 1 amide bonds. The van der Waals surface area contributed by atoms with Gasteiger partial charge in [-0.25, -0.2) is 4.98 Å². The molecule has 1 fully saturated rings. The van der Waals surface area contributed by atoms with Crippen LogP contribution in [0.15, 0.2) is 48.5 Å². The molecule has 2 heterocycles. The molecule has 1 N–H and O–H groups in total. The van der Waals surface area contributed by atoms with Crippen molar-refractivity contribution in [2.75, 3.05) is 18.4 Å². The summed E-state index contributed by atoms with van der Waals surface area (Å²) in [7, 11) is 0. The minimum Gasteiger partial charge on any atom is -0.324 e. The summed E-state index contributed by atoms with van der Waals surface area (Å²) < 4.78 is 2.06. The molecule has 0 aliphatic carbocycles. The number of likely N-dealkylation sites (tertiary alicyclic amines) is 1. The van der Waals surface area contributed by atoms with Crippen LogP contribution in [0.4, 0.5) is 5.69 Å². The molecule has 1 aromatic heterocycles. The van der Waals surface area contributed by atoms with E-state index in [-0.39, 0.29) is 11.9 Å². The van der Waals surface area contributed by atoms with Crippen LogP contribution in [0.25, 0.3) is 11.0 Å². The predicted molar refractivity (Wildman–Crippen MR) is 113 cm³/mol. The fourth-order valence-electron chi connectivity index (χ4n) is 4.09. The van der Waals surface area contributed by atoms with E-state index in [1.807, 2.05) is 49.4 Å². The van der Waals surface area contributed by atoms with E-state index in [4.69, 9.17) is 4.98 Å². The number of benzene rings is 2. The number of fused-ring (bicyclic) bond motifs is 1. The van der Waals surface area contributed by atoms with E-state index in [9.17, 15) is 4.79 Å². The van der Waals surface area contributed by atoms with Gasteiger partial charge in [-0.3, -0.25) is 9.69 Å². The third-order valence-corrected chi connectivity index (χ3v) is 5.62. The minimum absolute atomic E-state index is 0.00766. The SMILES string of the molecule is CCc1nc2ccccc2n1C(C)C(=O)Nc1ccccc1CN1CCCC1. The Labute approximate surface area is 166 Å². The zero-order chi connectivity index (χ0) is 19.5. The second-order valence-corrected chi connectivity index (χ2v) is 7.55. The molecule has 146 valence electrons. The van der Waals surface area contributed by atoms with Crippen LogP contribution in [-0.2, 0) is 17.8 Å². The van der Waals surface area contributed by atoms with Crippen molar-refractivity contribution in [3.05, 3.63) is 59.9 Å². The maximum Gasteiger partial charge on any atom is 0.247 e. The Kier molecular flexibility index (Phi) is 5.44. The maximum atomic E-state index is 13.1. The Morgan fingerprint density at radius 2 is 1.82 bits per heavy atom. The fourth-order valence-corrected chi connectivity index (χ4v) is 4.09. The van der Waals surface area contributed by atoms with Crippen molar-refractivity contribution in [2.45, 2.75) is 45.7 Å². The quantitative estimate of drug-likeness (QED) is 0.694. The van der Waals surface area contributed by atoms with Gasteiger partial charge in [-0.15, -0.1) is 0 Å². The highest BCUT2D eigenvalue weighted by Crippen LogP contribution is 2.25. The van der Waals surface area contributed by atoms with Crippen LogP contribution >= 0.6 is 0 Å². The first-order chi connectivity index (χ1) is 13.7. The van der Waals surface area contributed by atoms with Crippen molar-refractivity contribution >= 4 is 22.6 Å². The van der Waals surface area contributed by atoms with Gasteiger partial charge in [0.25, 0.3) is 0 Å².